The van der Waals surface area contributed by atoms with Gasteiger partial charge in [0.2, 0.25) is 0 Å². The standard InChI is InChI=1S/C12H15FINS/c1-8-11(3-2-6-16-8)15-12-5-4-9(13)7-10(12)14/h4-5,7-8,11,15H,2-3,6H2,1H3. The van der Waals surface area contributed by atoms with E-state index >= 15 is 0 Å². The van der Waals surface area contributed by atoms with Gasteiger partial charge in [0, 0.05) is 20.5 Å². The second kappa shape index (κ2) is 5.58. The first-order chi connectivity index (χ1) is 7.66. The van der Waals surface area contributed by atoms with Crippen LogP contribution in [0, 0.1) is 9.39 Å². The van der Waals surface area contributed by atoms with Crippen LogP contribution in [0.1, 0.15) is 19.8 Å². The molecule has 1 aliphatic rings. The van der Waals surface area contributed by atoms with E-state index < -0.39 is 0 Å². The Balaban J connectivity index is 2.07. The molecule has 1 aromatic rings. The summed E-state index contributed by atoms with van der Waals surface area (Å²) in [6, 6.07) is 5.44. The molecule has 1 aromatic carbocycles. The lowest BCUT2D eigenvalue weighted by Crippen LogP contribution is -2.33. The first kappa shape index (κ1) is 12.5. The topological polar surface area (TPSA) is 12.0 Å². The highest BCUT2D eigenvalue weighted by Crippen LogP contribution is 2.29. The molecule has 88 valence electrons. The van der Waals surface area contributed by atoms with Crippen LogP contribution in [0.15, 0.2) is 18.2 Å². The number of halogens is 2. The van der Waals surface area contributed by atoms with E-state index in [4.69, 9.17) is 0 Å². The lowest BCUT2D eigenvalue weighted by molar-refractivity contribution is 0.614. The number of nitrogens with one attached hydrogen (secondary N) is 1. The summed E-state index contributed by atoms with van der Waals surface area (Å²) in [6.07, 6.45) is 2.48. The largest absolute Gasteiger partial charge is 0.380 e. The molecule has 2 atom stereocenters. The van der Waals surface area contributed by atoms with E-state index in [1.54, 1.807) is 6.07 Å². The first-order valence-corrected chi connectivity index (χ1v) is 7.63. The summed E-state index contributed by atoms with van der Waals surface area (Å²) in [5.41, 5.74) is 1.06. The van der Waals surface area contributed by atoms with E-state index in [1.807, 2.05) is 17.8 Å². The molecule has 16 heavy (non-hydrogen) atoms. The van der Waals surface area contributed by atoms with Gasteiger partial charge in [0.15, 0.2) is 0 Å². The Kier molecular flexibility index (Phi) is 4.35. The molecule has 0 amide bonds. The molecular formula is C12H15FINS. The minimum atomic E-state index is -0.166. The van der Waals surface area contributed by atoms with Crippen molar-refractivity contribution in [3.63, 3.8) is 0 Å². The third-order valence-electron chi connectivity index (χ3n) is 2.88. The summed E-state index contributed by atoms with van der Waals surface area (Å²) in [5, 5.41) is 4.17. The van der Waals surface area contributed by atoms with E-state index in [9.17, 15) is 4.39 Å². The Hall–Kier alpha value is 0.0300. The maximum absolute atomic E-state index is 13.0. The maximum Gasteiger partial charge on any atom is 0.124 e. The molecule has 1 N–H and O–H groups in total. The number of thioether (sulfide) groups is 1. The molecule has 4 heteroatoms. The Morgan fingerprint density at radius 3 is 3.00 bits per heavy atom. The smallest absolute Gasteiger partial charge is 0.124 e. The van der Waals surface area contributed by atoms with Crippen molar-refractivity contribution in [2.24, 2.45) is 0 Å². The summed E-state index contributed by atoms with van der Waals surface area (Å²) in [4.78, 5) is 0. The second-order valence-corrected chi connectivity index (χ2v) is 6.74. The fraction of sp³-hybridized carbons (Fsp3) is 0.500. The number of anilines is 1. The third-order valence-corrected chi connectivity index (χ3v) is 5.15. The molecule has 0 spiro atoms. The van der Waals surface area contributed by atoms with Gasteiger partial charge in [0.1, 0.15) is 5.82 Å². The van der Waals surface area contributed by atoms with Gasteiger partial charge < -0.3 is 5.32 Å². The van der Waals surface area contributed by atoms with Gasteiger partial charge in [0.25, 0.3) is 0 Å². The van der Waals surface area contributed by atoms with Gasteiger partial charge in [-0.1, -0.05) is 6.92 Å². The van der Waals surface area contributed by atoms with Crippen LogP contribution in [0.2, 0.25) is 0 Å². The number of benzene rings is 1. The van der Waals surface area contributed by atoms with Gasteiger partial charge in [-0.3, -0.25) is 0 Å². The van der Waals surface area contributed by atoms with Crippen LogP contribution < -0.4 is 5.32 Å². The van der Waals surface area contributed by atoms with Crippen molar-refractivity contribution in [3.8, 4) is 0 Å². The van der Waals surface area contributed by atoms with E-state index in [0.29, 0.717) is 11.3 Å². The van der Waals surface area contributed by atoms with Crippen LogP contribution in [0.4, 0.5) is 10.1 Å². The lowest BCUT2D eigenvalue weighted by atomic mass is 10.1. The molecule has 1 nitrogen and oxygen atoms in total. The molecule has 0 aromatic heterocycles. The molecule has 1 heterocycles. The van der Waals surface area contributed by atoms with Crippen LogP contribution >= 0.6 is 34.4 Å². The lowest BCUT2D eigenvalue weighted by Gasteiger charge is -2.30. The van der Waals surface area contributed by atoms with Crippen molar-refractivity contribution >= 4 is 40.0 Å². The van der Waals surface area contributed by atoms with Crippen LogP contribution in [0.25, 0.3) is 0 Å². The predicted octanol–water partition coefficient (Wildman–Crippen LogP) is 4.13. The molecule has 1 aliphatic heterocycles. The van der Waals surface area contributed by atoms with E-state index in [0.717, 1.165) is 9.26 Å². The number of hydrogen-bond acceptors (Lipinski definition) is 2. The molecule has 0 saturated carbocycles. The quantitative estimate of drug-likeness (QED) is 0.805. The Labute approximate surface area is 114 Å². The van der Waals surface area contributed by atoms with Gasteiger partial charge in [-0.05, 0) is 59.4 Å². The van der Waals surface area contributed by atoms with Crippen molar-refractivity contribution in [1.29, 1.82) is 0 Å². The van der Waals surface area contributed by atoms with Crippen molar-refractivity contribution in [3.05, 3.63) is 27.6 Å². The molecule has 1 saturated heterocycles. The van der Waals surface area contributed by atoms with Crippen LogP contribution in [0.5, 0.6) is 0 Å². The number of hydrogen-bond donors (Lipinski definition) is 1. The fourth-order valence-corrected chi connectivity index (χ4v) is 3.69. The van der Waals surface area contributed by atoms with Gasteiger partial charge in [-0.2, -0.15) is 11.8 Å². The molecule has 0 bridgehead atoms. The average Bonchev–Trinajstić information content (AvgIpc) is 2.25. The summed E-state index contributed by atoms with van der Waals surface area (Å²) in [7, 11) is 0. The third kappa shape index (κ3) is 3.03. The summed E-state index contributed by atoms with van der Waals surface area (Å²) in [6.45, 7) is 2.26. The highest BCUT2D eigenvalue weighted by atomic mass is 127. The normalized spacial score (nSPS) is 25.4. The first-order valence-electron chi connectivity index (χ1n) is 5.50. The van der Waals surface area contributed by atoms with Crippen LogP contribution in [0.3, 0.4) is 0 Å². The van der Waals surface area contributed by atoms with Crippen molar-refractivity contribution in [1.82, 2.24) is 0 Å². The molecule has 0 radical (unpaired) electrons. The predicted molar refractivity (Wildman–Crippen MR) is 77.7 cm³/mol. The highest BCUT2D eigenvalue weighted by Gasteiger charge is 2.21. The molecule has 1 fully saturated rings. The Bertz CT molecular complexity index is 372. The van der Waals surface area contributed by atoms with Gasteiger partial charge >= 0.3 is 0 Å². The number of rotatable bonds is 2. The summed E-state index contributed by atoms with van der Waals surface area (Å²) >= 11 is 4.20. The zero-order chi connectivity index (χ0) is 11.5. The summed E-state index contributed by atoms with van der Waals surface area (Å²) < 4.78 is 13.9. The SMILES string of the molecule is CC1SCCCC1Nc1ccc(F)cc1I. The van der Waals surface area contributed by atoms with E-state index in [-0.39, 0.29) is 5.82 Å². The highest BCUT2D eigenvalue weighted by molar-refractivity contribution is 14.1. The zero-order valence-corrected chi connectivity index (χ0v) is 12.1. The van der Waals surface area contributed by atoms with Gasteiger partial charge in [0.05, 0.1) is 0 Å². The molecule has 2 unspecified atom stereocenters. The summed E-state index contributed by atoms with van der Waals surface area (Å²) in [5.74, 6) is 1.10. The van der Waals surface area contributed by atoms with Crippen LogP contribution in [-0.4, -0.2) is 17.0 Å². The van der Waals surface area contributed by atoms with E-state index in [1.165, 1.54) is 24.7 Å². The fourth-order valence-electron chi connectivity index (χ4n) is 1.92. The van der Waals surface area contributed by atoms with Gasteiger partial charge in [-0.15, -0.1) is 0 Å². The average molecular weight is 351 g/mol. The molecular weight excluding hydrogens is 336 g/mol. The van der Waals surface area contributed by atoms with Crippen molar-refractivity contribution in [2.45, 2.75) is 31.1 Å². The zero-order valence-electron chi connectivity index (χ0n) is 9.17. The van der Waals surface area contributed by atoms with Gasteiger partial charge in [-0.25, -0.2) is 4.39 Å². The van der Waals surface area contributed by atoms with Crippen molar-refractivity contribution < 1.29 is 4.39 Å². The van der Waals surface area contributed by atoms with Crippen LogP contribution in [-0.2, 0) is 0 Å². The molecule has 2 rings (SSSR count). The molecule has 0 aliphatic carbocycles. The minimum absolute atomic E-state index is 0.166. The Morgan fingerprint density at radius 1 is 1.50 bits per heavy atom. The minimum Gasteiger partial charge on any atom is -0.380 e. The maximum atomic E-state index is 13.0. The van der Waals surface area contributed by atoms with E-state index in [2.05, 4.69) is 34.8 Å². The van der Waals surface area contributed by atoms with Crippen molar-refractivity contribution in [2.75, 3.05) is 11.1 Å². The Morgan fingerprint density at radius 2 is 2.31 bits per heavy atom. The second-order valence-electron chi connectivity index (χ2n) is 4.09. The monoisotopic (exact) mass is 351 g/mol.